The van der Waals surface area contributed by atoms with E-state index in [2.05, 4.69) is 47.8 Å². The van der Waals surface area contributed by atoms with Crippen molar-refractivity contribution in [1.29, 1.82) is 0 Å². The van der Waals surface area contributed by atoms with E-state index in [4.69, 9.17) is 0 Å². The number of nitrogens with zero attached hydrogens (tertiary/aromatic N) is 2. The Labute approximate surface area is 92.0 Å². The number of pyridine rings is 1. The number of aryl methyl sites for hydroxylation is 1. The van der Waals surface area contributed by atoms with Crippen LogP contribution in [0.25, 0.3) is 5.65 Å². The fraction of sp³-hybridized carbons (Fsp3) is 0.462. The third-order valence-corrected chi connectivity index (χ3v) is 2.26. The first-order chi connectivity index (χ1) is 7.16. The van der Waals surface area contributed by atoms with Crippen LogP contribution in [0.15, 0.2) is 24.5 Å². The summed E-state index contributed by atoms with van der Waals surface area (Å²) in [5.74, 6) is 0.576. The third kappa shape index (κ3) is 2.58. The topological polar surface area (TPSA) is 17.3 Å². The molecule has 2 heterocycles. The molecule has 0 saturated carbocycles. The molecule has 2 aromatic heterocycles. The lowest BCUT2D eigenvalue weighted by molar-refractivity contribution is 0.853. The molecule has 0 saturated heterocycles. The highest BCUT2D eigenvalue weighted by Crippen LogP contribution is 2.15. The van der Waals surface area contributed by atoms with E-state index < -0.39 is 0 Å². The Hall–Kier alpha value is -1.31. The SMILES string of the molecule is CC.Cc1cn2cc(C(C)C)ccc2n1. The minimum atomic E-state index is 0.576. The van der Waals surface area contributed by atoms with E-state index in [1.807, 2.05) is 20.8 Å². The molecule has 2 rings (SSSR count). The molecule has 0 N–H and O–H groups in total. The molecule has 2 aromatic rings. The highest BCUT2D eigenvalue weighted by molar-refractivity contribution is 5.41. The van der Waals surface area contributed by atoms with Gasteiger partial charge in [0.05, 0.1) is 5.69 Å². The third-order valence-electron chi connectivity index (χ3n) is 2.26. The molecular weight excluding hydrogens is 184 g/mol. The summed E-state index contributed by atoms with van der Waals surface area (Å²) in [6.07, 6.45) is 4.21. The molecule has 0 radical (unpaired) electrons. The zero-order chi connectivity index (χ0) is 11.4. The molecule has 0 spiro atoms. The Morgan fingerprint density at radius 2 is 1.80 bits per heavy atom. The van der Waals surface area contributed by atoms with Gasteiger partial charge in [0.2, 0.25) is 0 Å². The largest absolute Gasteiger partial charge is 0.307 e. The second-order valence-electron chi connectivity index (χ2n) is 3.76. The normalized spacial score (nSPS) is 10.3. The number of rotatable bonds is 1. The van der Waals surface area contributed by atoms with Crippen LogP contribution >= 0.6 is 0 Å². The first kappa shape index (κ1) is 11.8. The maximum atomic E-state index is 4.38. The van der Waals surface area contributed by atoms with Gasteiger partial charge in [-0.2, -0.15) is 0 Å². The van der Waals surface area contributed by atoms with Gasteiger partial charge in [0.15, 0.2) is 0 Å². The van der Waals surface area contributed by atoms with Crippen LogP contribution in [0.2, 0.25) is 0 Å². The summed E-state index contributed by atoms with van der Waals surface area (Å²) in [6, 6.07) is 4.22. The Balaban J connectivity index is 0.000000531. The van der Waals surface area contributed by atoms with Gasteiger partial charge in [-0.25, -0.2) is 4.98 Å². The van der Waals surface area contributed by atoms with Crippen molar-refractivity contribution in [2.45, 2.75) is 40.5 Å². The quantitative estimate of drug-likeness (QED) is 0.690. The number of hydrogen-bond donors (Lipinski definition) is 0. The van der Waals surface area contributed by atoms with E-state index in [1.54, 1.807) is 0 Å². The predicted octanol–water partition coefficient (Wildman–Crippen LogP) is 3.79. The van der Waals surface area contributed by atoms with Gasteiger partial charge in [-0.3, -0.25) is 0 Å². The van der Waals surface area contributed by atoms with Gasteiger partial charge in [0, 0.05) is 12.4 Å². The Morgan fingerprint density at radius 3 is 2.40 bits per heavy atom. The molecule has 0 amide bonds. The Kier molecular flexibility index (Phi) is 3.89. The van der Waals surface area contributed by atoms with E-state index in [1.165, 1.54) is 5.56 Å². The maximum absolute atomic E-state index is 4.38. The van der Waals surface area contributed by atoms with E-state index in [-0.39, 0.29) is 0 Å². The molecule has 15 heavy (non-hydrogen) atoms. The predicted molar refractivity (Wildman–Crippen MR) is 65.4 cm³/mol. The van der Waals surface area contributed by atoms with Crippen LogP contribution in [-0.2, 0) is 0 Å². The van der Waals surface area contributed by atoms with Crippen LogP contribution in [0.5, 0.6) is 0 Å². The number of aromatic nitrogens is 2. The Bertz CT molecular complexity index is 427. The fourth-order valence-corrected chi connectivity index (χ4v) is 1.48. The summed E-state index contributed by atoms with van der Waals surface area (Å²) >= 11 is 0. The molecule has 0 atom stereocenters. The molecule has 82 valence electrons. The van der Waals surface area contributed by atoms with Crippen molar-refractivity contribution in [1.82, 2.24) is 9.38 Å². The van der Waals surface area contributed by atoms with Gasteiger partial charge < -0.3 is 4.40 Å². The van der Waals surface area contributed by atoms with Crippen molar-refractivity contribution in [3.63, 3.8) is 0 Å². The summed E-state index contributed by atoms with van der Waals surface area (Å²) in [5, 5.41) is 0. The number of hydrogen-bond acceptors (Lipinski definition) is 1. The molecule has 2 heteroatoms. The van der Waals surface area contributed by atoms with E-state index >= 15 is 0 Å². The van der Waals surface area contributed by atoms with Gasteiger partial charge in [0.25, 0.3) is 0 Å². The zero-order valence-electron chi connectivity index (χ0n) is 10.3. The average molecular weight is 204 g/mol. The average Bonchev–Trinajstić information content (AvgIpc) is 2.59. The Morgan fingerprint density at radius 1 is 1.13 bits per heavy atom. The summed E-state index contributed by atoms with van der Waals surface area (Å²) in [7, 11) is 0. The van der Waals surface area contributed by atoms with Crippen molar-refractivity contribution in [2.24, 2.45) is 0 Å². The van der Waals surface area contributed by atoms with E-state index in [9.17, 15) is 0 Å². The first-order valence-corrected chi connectivity index (χ1v) is 5.62. The van der Waals surface area contributed by atoms with Gasteiger partial charge in [-0.05, 0) is 24.5 Å². The standard InChI is InChI=1S/C11H14N2.C2H6/c1-8(2)10-4-5-11-12-9(3)6-13(11)7-10;1-2/h4-8H,1-3H3;1-2H3. The molecule has 0 bridgehead atoms. The molecule has 0 fully saturated rings. The second kappa shape index (κ2) is 4.96. The maximum Gasteiger partial charge on any atom is 0.136 e. The van der Waals surface area contributed by atoms with Crippen molar-refractivity contribution in [3.8, 4) is 0 Å². The molecule has 0 aliphatic heterocycles. The minimum absolute atomic E-state index is 0.576. The lowest BCUT2D eigenvalue weighted by atomic mass is 10.1. The fourth-order valence-electron chi connectivity index (χ4n) is 1.48. The van der Waals surface area contributed by atoms with Crippen LogP contribution in [-0.4, -0.2) is 9.38 Å². The van der Waals surface area contributed by atoms with Crippen molar-refractivity contribution >= 4 is 5.65 Å². The molecule has 0 unspecified atom stereocenters. The summed E-state index contributed by atoms with van der Waals surface area (Å²) in [5.41, 5.74) is 3.45. The number of imidazole rings is 1. The van der Waals surface area contributed by atoms with Gasteiger partial charge in [-0.1, -0.05) is 33.8 Å². The molecular formula is C13H20N2. The second-order valence-corrected chi connectivity index (χ2v) is 3.76. The smallest absolute Gasteiger partial charge is 0.136 e. The zero-order valence-corrected chi connectivity index (χ0v) is 10.3. The summed E-state index contributed by atoms with van der Waals surface area (Å²) < 4.78 is 2.09. The molecule has 0 aliphatic rings. The van der Waals surface area contributed by atoms with E-state index in [0.717, 1.165) is 11.3 Å². The van der Waals surface area contributed by atoms with Crippen LogP contribution in [0, 0.1) is 6.92 Å². The van der Waals surface area contributed by atoms with Crippen LogP contribution < -0.4 is 0 Å². The molecule has 0 aromatic carbocycles. The van der Waals surface area contributed by atoms with Gasteiger partial charge in [-0.15, -0.1) is 0 Å². The van der Waals surface area contributed by atoms with Crippen molar-refractivity contribution in [3.05, 3.63) is 35.8 Å². The lowest BCUT2D eigenvalue weighted by Gasteiger charge is -2.04. The van der Waals surface area contributed by atoms with Crippen molar-refractivity contribution in [2.75, 3.05) is 0 Å². The van der Waals surface area contributed by atoms with Gasteiger partial charge in [0.1, 0.15) is 5.65 Å². The summed E-state index contributed by atoms with van der Waals surface area (Å²) in [6.45, 7) is 10.4. The van der Waals surface area contributed by atoms with Crippen molar-refractivity contribution < 1.29 is 0 Å². The van der Waals surface area contributed by atoms with Crippen LogP contribution in [0.1, 0.15) is 44.9 Å². The summed E-state index contributed by atoms with van der Waals surface area (Å²) in [4.78, 5) is 4.38. The monoisotopic (exact) mass is 204 g/mol. The highest BCUT2D eigenvalue weighted by Gasteiger charge is 2.01. The number of fused-ring (bicyclic) bond motifs is 1. The van der Waals surface area contributed by atoms with Crippen LogP contribution in [0.3, 0.4) is 0 Å². The lowest BCUT2D eigenvalue weighted by Crippen LogP contribution is -1.91. The van der Waals surface area contributed by atoms with Gasteiger partial charge >= 0.3 is 0 Å². The van der Waals surface area contributed by atoms with E-state index in [0.29, 0.717) is 5.92 Å². The first-order valence-electron chi connectivity index (χ1n) is 5.62. The molecule has 0 aliphatic carbocycles. The molecule has 2 nitrogen and oxygen atoms in total. The minimum Gasteiger partial charge on any atom is -0.307 e. The van der Waals surface area contributed by atoms with Crippen LogP contribution in [0.4, 0.5) is 0 Å². The highest BCUT2D eigenvalue weighted by atomic mass is 15.0.